The van der Waals surface area contributed by atoms with Gasteiger partial charge in [0.05, 0.1) is 33.3 Å². The summed E-state index contributed by atoms with van der Waals surface area (Å²) in [7, 11) is 1.63. The van der Waals surface area contributed by atoms with E-state index in [1.807, 2.05) is 0 Å². The van der Waals surface area contributed by atoms with Gasteiger partial charge < -0.3 is 5.11 Å². The Morgan fingerprint density at radius 1 is 1.17 bits per heavy atom. The first-order valence-electron chi connectivity index (χ1n) is 6.73. The summed E-state index contributed by atoms with van der Waals surface area (Å²) in [6.45, 7) is 0.0292. The van der Waals surface area contributed by atoms with E-state index in [4.69, 9.17) is 34.8 Å². The quantitative estimate of drug-likeness (QED) is 0.717. The number of pyridine rings is 1. The predicted molar refractivity (Wildman–Crippen MR) is 91.4 cm³/mol. The number of aliphatic hydroxyl groups excluding tert-OH is 1. The molecule has 3 rings (SSSR count). The Bertz CT molecular complexity index is 949. The maximum Gasteiger partial charge on any atom is 0.328 e. The van der Waals surface area contributed by atoms with Crippen molar-refractivity contribution in [3.05, 3.63) is 61.7 Å². The molecule has 0 saturated heterocycles. The van der Waals surface area contributed by atoms with Crippen LogP contribution in [0.3, 0.4) is 0 Å². The highest BCUT2D eigenvalue weighted by atomic mass is 35.5. The zero-order valence-electron chi connectivity index (χ0n) is 12.0. The first kappa shape index (κ1) is 16.3. The average Bonchev–Trinajstić information content (AvgIpc) is 2.73. The maximum absolute atomic E-state index is 12.4. The van der Waals surface area contributed by atoms with Crippen molar-refractivity contribution in [2.45, 2.75) is 12.6 Å². The molecule has 2 heterocycles. The van der Waals surface area contributed by atoms with Crippen molar-refractivity contribution < 1.29 is 5.11 Å². The second kappa shape index (κ2) is 6.17. The molecule has 1 unspecified atom stereocenters. The lowest BCUT2D eigenvalue weighted by Crippen LogP contribution is -2.25. The number of halogens is 3. The van der Waals surface area contributed by atoms with Gasteiger partial charge in [0.15, 0.2) is 0 Å². The molecule has 1 aromatic carbocycles. The lowest BCUT2D eigenvalue weighted by molar-refractivity contribution is 0.152. The molecule has 3 aromatic rings. The summed E-state index contributed by atoms with van der Waals surface area (Å²) in [6.07, 6.45) is -0.980. The van der Waals surface area contributed by atoms with Crippen molar-refractivity contribution in [2.24, 2.45) is 7.05 Å². The Labute approximate surface area is 146 Å². The van der Waals surface area contributed by atoms with Crippen LogP contribution in [0.5, 0.6) is 0 Å². The van der Waals surface area contributed by atoms with Gasteiger partial charge in [0.1, 0.15) is 11.3 Å². The fraction of sp³-hybridized carbons (Fsp3) is 0.200. The predicted octanol–water partition coefficient (Wildman–Crippen LogP) is 3.43. The molecule has 0 amide bonds. The van der Waals surface area contributed by atoms with Gasteiger partial charge in [0.2, 0.25) is 0 Å². The highest BCUT2D eigenvalue weighted by Crippen LogP contribution is 2.28. The van der Waals surface area contributed by atoms with Crippen LogP contribution in [0.25, 0.3) is 11.0 Å². The summed E-state index contributed by atoms with van der Waals surface area (Å²) in [4.78, 5) is 16.5. The molecule has 23 heavy (non-hydrogen) atoms. The fourth-order valence-electron chi connectivity index (χ4n) is 2.45. The van der Waals surface area contributed by atoms with E-state index in [9.17, 15) is 9.90 Å². The second-order valence-corrected chi connectivity index (χ2v) is 6.31. The molecule has 0 aliphatic heterocycles. The smallest absolute Gasteiger partial charge is 0.328 e. The maximum atomic E-state index is 12.4. The largest absolute Gasteiger partial charge is 0.385 e. The summed E-state index contributed by atoms with van der Waals surface area (Å²) < 4.78 is 2.89. The second-order valence-electron chi connectivity index (χ2n) is 5.11. The van der Waals surface area contributed by atoms with Crippen LogP contribution in [0.15, 0.2) is 35.1 Å². The number of imidazole rings is 1. The summed E-state index contributed by atoms with van der Waals surface area (Å²) >= 11 is 17.9. The molecule has 1 atom stereocenters. The molecule has 2 aromatic heterocycles. The van der Waals surface area contributed by atoms with Crippen molar-refractivity contribution in [1.82, 2.24) is 14.1 Å². The summed E-state index contributed by atoms with van der Waals surface area (Å²) in [5.74, 6) is 0. The fourth-order valence-corrected chi connectivity index (χ4v) is 2.94. The van der Waals surface area contributed by atoms with E-state index in [1.165, 1.54) is 9.13 Å². The van der Waals surface area contributed by atoms with Gasteiger partial charge in [-0.05, 0) is 24.3 Å². The Hall–Kier alpha value is -1.53. The number of nitrogens with zero attached hydrogens (tertiary/aromatic N) is 3. The summed E-state index contributed by atoms with van der Waals surface area (Å²) in [5, 5.41) is 11.4. The lowest BCUT2D eigenvalue weighted by atomic mass is 10.2. The Kier molecular flexibility index (Phi) is 4.38. The van der Waals surface area contributed by atoms with Crippen LogP contribution in [0.4, 0.5) is 0 Å². The third kappa shape index (κ3) is 2.97. The van der Waals surface area contributed by atoms with Crippen molar-refractivity contribution in [2.75, 3.05) is 0 Å². The molecule has 0 saturated carbocycles. The Balaban J connectivity index is 2.08. The first-order valence-corrected chi connectivity index (χ1v) is 7.86. The number of aliphatic hydroxyl groups is 1. The van der Waals surface area contributed by atoms with Crippen molar-refractivity contribution in [3.63, 3.8) is 0 Å². The van der Waals surface area contributed by atoms with E-state index in [-0.39, 0.29) is 17.4 Å². The van der Waals surface area contributed by atoms with Crippen molar-refractivity contribution in [3.8, 4) is 0 Å². The minimum atomic E-state index is -0.980. The molecule has 0 aliphatic carbocycles. The van der Waals surface area contributed by atoms with Gasteiger partial charge in [0.25, 0.3) is 0 Å². The van der Waals surface area contributed by atoms with E-state index in [2.05, 4.69) is 4.98 Å². The van der Waals surface area contributed by atoms with E-state index in [0.717, 1.165) is 0 Å². The van der Waals surface area contributed by atoms with Crippen molar-refractivity contribution >= 4 is 45.8 Å². The highest BCUT2D eigenvalue weighted by Gasteiger charge is 2.17. The van der Waals surface area contributed by atoms with Crippen LogP contribution < -0.4 is 5.69 Å². The van der Waals surface area contributed by atoms with Gasteiger partial charge in [-0.15, -0.1) is 0 Å². The molecule has 1 N–H and O–H groups in total. The molecule has 0 radical (unpaired) electrons. The standard InChI is InChI=1S/C15H12Cl3N3O2/c1-20-11-5-8(16)9(17)6-12(11)21(15(20)23)7-13(22)10-3-2-4-14(18)19-10/h2-6,13,22H,7H2,1H3. The van der Waals surface area contributed by atoms with Crippen LogP contribution in [0, 0.1) is 0 Å². The van der Waals surface area contributed by atoms with E-state index in [1.54, 1.807) is 37.4 Å². The van der Waals surface area contributed by atoms with E-state index < -0.39 is 6.10 Å². The van der Waals surface area contributed by atoms with E-state index in [0.29, 0.717) is 26.8 Å². The normalized spacial score (nSPS) is 12.7. The summed E-state index contributed by atoms with van der Waals surface area (Å²) in [5.41, 5.74) is 1.34. The molecular formula is C15H12Cl3N3O2. The molecule has 120 valence electrons. The van der Waals surface area contributed by atoms with Crippen LogP contribution in [-0.2, 0) is 13.6 Å². The zero-order valence-corrected chi connectivity index (χ0v) is 14.3. The number of aryl methyl sites for hydroxylation is 1. The minimum absolute atomic E-state index is 0.0292. The zero-order chi connectivity index (χ0) is 16.7. The number of fused-ring (bicyclic) bond motifs is 1. The van der Waals surface area contributed by atoms with Crippen molar-refractivity contribution in [1.29, 1.82) is 0 Å². The number of benzene rings is 1. The van der Waals surface area contributed by atoms with Gasteiger partial charge in [-0.25, -0.2) is 9.78 Å². The molecule has 0 fully saturated rings. The number of aromatic nitrogens is 3. The number of rotatable bonds is 3. The average molecular weight is 373 g/mol. The SMILES string of the molecule is Cn1c(=O)n(CC(O)c2cccc(Cl)n2)c2cc(Cl)c(Cl)cc21. The molecular weight excluding hydrogens is 361 g/mol. The molecule has 0 spiro atoms. The van der Waals surface area contributed by atoms with Crippen LogP contribution in [0.2, 0.25) is 15.2 Å². The van der Waals surface area contributed by atoms with Gasteiger partial charge in [-0.3, -0.25) is 9.13 Å². The molecule has 5 nitrogen and oxygen atoms in total. The third-order valence-corrected chi connectivity index (χ3v) is 4.55. The number of hydrogen-bond donors (Lipinski definition) is 1. The lowest BCUT2D eigenvalue weighted by Gasteiger charge is -2.11. The summed E-state index contributed by atoms with van der Waals surface area (Å²) in [6, 6.07) is 8.19. The van der Waals surface area contributed by atoms with E-state index >= 15 is 0 Å². The topological polar surface area (TPSA) is 60.0 Å². The molecule has 0 aliphatic rings. The first-order chi connectivity index (χ1) is 10.9. The van der Waals surface area contributed by atoms with Gasteiger partial charge >= 0.3 is 5.69 Å². The number of hydrogen-bond acceptors (Lipinski definition) is 3. The molecule has 8 heteroatoms. The Morgan fingerprint density at radius 2 is 1.83 bits per heavy atom. The van der Waals surface area contributed by atoms with Gasteiger partial charge in [-0.1, -0.05) is 40.9 Å². The van der Waals surface area contributed by atoms with Crippen LogP contribution in [-0.4, -0.2) is 19.2 Å². The van der Waals surface area contributed by atoms with Gasteiger partial charge in [-0.2, -0.15) is 0 Å². The van der Waals surface area contributed by atoms with Crippen LogP contribution in [0.1, 0.15) is 11.8 Å². The Morgan fingerprint density at radius 3 is 2.48 bits per heavy atom. The van der Waals surface area contributed by atoms with Gasteiger partial charge in [0, 0.05) is 7.05 Å². The molecule has 0 bridgehead atoms. The highest BCUT2D eigenvalue weighted by molar-refractivity contribution is 6.42. The van der Waals surface area contributed by atoms with Crippen LogP contribution >= 0.6 is 34.8 Å². The third-order valence-electron chi connectivity index (χ3n) is 3.62. The monoisotopic (exact) mass is 371 g/mol. The minimum Gasteiger partial charge on any atom is -0.385 e.